The Labute approximate surface area is 153 Å². The molecule has 0 atom stereocenters. The Bertz CT molecular complexity index is 228. The van der Waals surface area contributed by atoms with Gasteiger partial charge in [0.15, 0.2) is 6.29 Å². The average molecular weight is 343 g/mol. The summed E-state index contributed by atoms with van der Waals surface area (Å²) in [5.74, 6) is 0. The molecule has 0 amide bonds. The molecule has 0 saturated carbocycles. The van der Waals surface area contributed by atoms with Gasteiger partial charge in [0.2, 0.25) is 0 Å². The van der Waals surface area contributed by atoms with Crippen LogP contribution >= 0.6 is 0 Å². The van der Waals surface area contributed by atoms with Crippen LogP contribution in [-0.4, -0.2) is 18.5 Å². The van der Waals surface area contributed by atoms with Gasteiger partial charge in [-0.3, -0.25) is 0 Å². The fraction of sp³-hybridized carbons (Fsp3) is 1.00. The molecule has 0 aliphatic carbocycles. The van der Waals surface area contributed by atoms with Crippen molar-refractivity contribution in [1.29, 1.82) is 0 Å². The highest BCUT2D eigenvalue weighted by molar-refractivity contribution is 4.54. The molecule has 0 N–H and O–H groups in total. The summed E-state index contributed by atoms with van der Waals surface area (Å²) in [5.41, 5.74) is 0. The summed E-state index contributed by atoms with van der Waals surface area (Å²) in [4.78, 5) is 0. The molecule has 0 rings (SSSR count). The van der Waals surface area contributed by atoms with Crippen molar-refractivity contribution in [2.45, 2.75) is 143 Å². The second-order valence-corrected chi connectivity index (χ2v) is 7.83. The first kappa shape index (κ1) is 23.9. The second kappa shape index (κ2) is 17.7. The molecule has 0 aliphatic heterocycles. The Morgan fingerprint density at radius 2 is 0.833 bits per heavy atom. The minimum atomic E-state index is -0.0160. The van der Waals surface area contributed by atoms with Crippen LogP contribution in [0.15, 0.2) is 0 Å². The van der Waals surface area contributed by atoms with Crippen molar-refractivity contribution in [2.75, 3.05) is 0 Å². The van der Waals surface area contributed by atoms with Gasteiger partial charge in [-0.2, -0.15) is 0 Å². The third-order valence-electron chi connectivity index (χ3n) is 4.39. The molecular weight excluding hydrogens is 296 g/mol. The largest absolute Gasteiger partial charge is 0.350 e. The lowest BCUT2D eigenvalue weighted by atomic mass is 10.0. The van der Waals surface area contributed by atoms with Gasteiger partial charge >= 0.3 is 0 Å². The van der Waals surface area contributed by atoms with Gasteiger partial charge in [-0.05, 0) is 40.5 Å². The van der Waals surface area contributed by atoms with Gasteiger partial charge in [-0.15, -0.1) is 0 Å². The Balaban J connectivity index is 3.36. The van der Waals surface area contributed by atoms with E-state index in [9.17, 15) is 0 Å². The van der Waals surface area contributed by atoms with E-state index in [4.69, 9.17) is 9.47 Å². The zero-order chi connectivity index (χ0) is 18.0. The molecule has 2 nitrogen and oxygen atoms in total. The summed E-state index contributed by atoms with van der Waals surface area (Å²) in [7, 11) is 0. The Morgan fingerprint density at radius 3 is 1.17 bits per heavy atom. The quantitative estimate of drug-likeness (QED) is 0.188. The van der Waals surface area contributed by atoms with E-state index in [1.807, 2.05) is 0 Å². The lowest BCUT2D eigenvalue weighted by Crippen LogP contribution is -2.24. The molecule has 0 aromatic heterocycles. The Hall–Kier alpha value is -0.0800. The topological polar surface area (TPSA) is 18.5 Å². The van der Waals surface area contributed by atoms with Gasteiger partial charge < -0.3 is 9.47 Å². The zero-order valence-corrected chi connectivity index (χ0v) is 17.4. The summed E-state index contributed by atoms with van der Waals surface area (Å²) < 4.78 is 11.7. The summed E-state index contributed by atoms with van der Waals surface area (Å²) in [6.45, 7) is 10.6. The van der Waals surface area contributed by atoms with Crippen molar-refractivity contribution in [1.82, 2.24) is 0 Å². The van der Waals surface area contributed by atoms with Gasteiger partial charge in [0.1, 0.15) is 0 Å². The molecule has 24 heavy (non-hydrogen) atoms. The third-order valence-corrected chi connectivity index (χ3v) is 4.39. The molecule has 0 saturated heterocycles. The van der Waals surface area contributed by atoms with Crippen molar-refractivity contribution in [3.05, 3.63) is 0 Å². The van der Waals surface area contributed by atoms with Gasteiger partial charge in [0.25, 0.3) is 0 Å². The number of rotatable bonds is 18. The van der Waals surface area contributed by atoms with Crippen LogP contribution in [0.2, 0.25) is 0 Å². The van der Waals surface area contributed by atoms with Crippen LogP contribution in [0.5, 0.6) is 0 Å². The number of unbranched alkanes of at least 4 members (excludes halogenated alkanes) is 12. The summed E-state index contributed by atoms with van der Waals surface area (Å²) in [5, 5.41) is 0. The molecule has 0 spiro atoms. The van der Waals surface area contributed by atoms with E-state index in [1.54, 1.807) is 0 Å². The molecule has 0 bridgehead atoms. The van der Waals surface area contributed by atoms with E-state index in [-0.39, 0.29) is 18.5 Å². The fourth-order valence-electron chi connectivity index (χ4n) is 3.10. The number of hydrogen-bond acceptors (Lipinski definition) is 2. The number of hydrogen-bond donors (Lipinski definition) is 0. The van der Waals surface area contributed by atoms with Crippen LogP contribution in [0, 0.1) is 0 Å². The van der Waals surface area contributed by atoms with E-state index >= 15 is 0 Å². The van der Waals surface area contributed by atoms with Gasteiger partial charge in [0, 0.05) is 0 Å². The number of ether oxygens (including phenoxy) is 2. The van der Waals surface area contributed by atoms with E-state index in [2.05, 4.69) is 34.6 Å². The van der Waals surface area contributed by atoms with Crippen LogP contribution in [0.3, 0.4) is 0 Å². The van der Waals surface area contributed by atoms with Crippen molar-refractivity contribution in [3.8, 4) is 0 Å². The predicted molar refractivity (Wildman–Crippen MR) is 107 cm³/mol. The van der Waals surface area contributed by atoms with Crippen LogP contribution in [0.4, 0.5) is 0 Å². The van der Waals surface area contributed by atoms with Crippen LogP contribution < -0.4 is 0 Å². The van der Waals surface area contributed by atoms with E-state index < -0.39 is 0 Å². The van der Waals surface area contributed by atoms with Crippen molar-refractivity contribution >= 4 is 0 Å². The SMILES string of the molecule is CCCCCCCCCCCCCCCC(OC(C)C)OC(C)C. The summed E-state index contributed by atoms with van der Waals surface area (Å²) in [6, 6.07) is 0. The highest BCUT2D eigenvalue weighted by Gasteiger charge is 2.12. The monoisotopic (exact) mass is 342 g/mol. The first-order valence-corrected chi connectivity index (χ1v) is 10.9. The van der Waals surface area contributed by atoms with E-state index in [0.29, 0.717) is 0 Å². The maximum Gasteiger partial charge on any atom is 0.158 e. The minimum absolute atomic E-state index is 0.0160. The maximum absolute atomic E-state index is 5.85. The minimum Gasteiger partial charge on any atom is -0.350 e. The standard InChI is InChI=1S/C22H46O2/c1-6-7-8-9-10-11-12-13-14-15-16-17-18-19-22(23-20(2)3)24-21(4)5/h20-22H,6-19H2,1-5H3. The van der Waals surface area contributed by atoms with Crippen molar-refractivity contribution < 1.29 is 9.47 Å². The fourth-order valence-corrected chi connectivity index (χ4v) is 3.10. The van der Waals surface area contributed by atoms with Gasteiger partial charge in [0.05, 0.1) is 12.2 Å². The van der Waals surface area contributed by atoms with Crippen molar-refractivity contribution in [3.63, 3.8) is 0 Å². The highest BCUT2D eigenvalue weighted by atomic mass is 16.7. The molecule has 146 valence electrons. The highest BCUT2D eigenvalue weighted by Crippen LogP contribution is 2.15. The molecule has 0 heterocycles. The van der Waals surface area contributed by atoms with Crippen LogP contribution in [0.1, 0.15) is 125 Å². The normalized spacial score (nSPS) is 12.0. The lowest BCUT2D eigenvalue weighted by molar-refractivity contribution is -0.184. The summed E-state index contributed by atoms with van der Waals surface area (Å²) in [6.07, 6.45) is 19.7. The van der Waals surface area contributed by atoms with E-state index in [1.165, 1.54) is 83.5 Å². The Kier molecular flexibility index (Phi) is 17.7. The van der Waals surface area contributed by atoms with Gasteiger partial charge in [-0.1, -0.05) is 84.0 Å². The third kappa shape index (κ3) is 18.3. The smallest absolute Gasteiger partial charge is 0.158 e. The molecular formula is C22H46O2. The Morgan fingerprint density at radius 1 is 0.500 bits per heavy atom. The zero-order valence-electron chi connectivity index (χ0n) is 17.4. The van der Waals surface area contributed by atoms with Crippen LogP contribution in [-0.2, 0) is 9.47 Å². The molecule has 0 aliphatic rings. The first-order valence-electron chi connectivity index (χ1n) is 10.9. The molecule has 0 unspecified atom stereocenters. The van der Waals surface area contributed by atoms with Crippen LogP contribution in [0.25, 0.3) is 0 Å². The molecule has 2 heteroatoms. The molecule has 0 aromatic carbocycles. The molecule has 0 aromatic rings. The maximum atomic E-state index is 5.85. The molecule has 0 radical (unpaired) electrons. The second-order valence-electron chi connectivity index (χ2n) is 7.83. The van der Waals surface area contributed by atoms with Crippen molar-refractivity contribution in [2.24, 2.45) is 0 Å². The van der Waals surface area contributed by atoms with E-state index in [0.717, 1.165) is 6.42 Å². The summed E-state index contributed by atoms with van der Waals surface area (Å²) >= 11 is 0. The van der Waals surface area contributed by atoms with Gasteiger partial charge in [-0.25, -0.2) is 0 Å². The average Bonchev–Trinajstić information content (AvgIpc) is 2.50. The molecule has 0 fully saturated rings. The lowest BCUT2D eigenvalue weighted by Gasteiger charge is -2.23. The first-order chi connectivity index (χ1) is 11.6. The predicted octanol–water partition coefficient (Wildman–Crippen LogP) is 7.64.